The van der Waals surface area contributed by atoms with E-state index in [1.54, 1.807) is 0 Å². The third-order valence-electron chi connectivity index (χ3n) is 6.09. The van der Waals surface area contributed by atoms with Gasteiger partial charge in [-0.25, -0.2) is 0 Å². The van der Waals surface area contributed by atoms with Crippen LogP contribution < -0.4 is 0 Å². The third-order valence-corrected chi connectivity index (χ3v) is 10.7. The minimum Gasteiger partial charge on any atom is -0.409 e. The second-order valence-electron chi connectivity index (χ2n) is 7.54. The van der Waals surface area contributed by atoms with Gasteiger partial charge in [0.1, 0.15) is 0 Å². The zero-order chi connectivity index (χ0) is 17.0. The molecule has 2 rings (SSSR count). The van der Waals surface area contributed by atoms with Gasteiger partial charge in [0.2, 0.25) is 0 Å². The van der Waals surface area contributed by atoms with Crippen molar-refractivity contribution >= 4 is 8.32 Å². The first-order valence-corrected chi connectivity index (χ1v) is 12.1. The molecule has 1 aliphatic carbocycles. The van der Waals surface area contributed by atoms with Crippen molar-refractivity contribution in [1.82, 2.24) is 0 Å². The lowest BCUT2D eigenvalue weighted by atomic mass is 9.88. The summed E-state index contributed by atoms with van der Waals surface area (Å²) < 4.78 is 19.7. The topological polar surface area (TPSA) is 27.7 Å². The third kappa shape index (κ3) is 4.09. The molecule has 2 atom stereocenters. The van der Waals surface area contributed by atoms with Gasteiger partial charge in [-0.1, -0.05) is 33.3 Å². The van der Waals surface area contributed by atoms with Crippen molar-refractivity contribution in [3.63, 3.8) is 0 Å². The Morgan fingerprint density at radius 2 is 1.74 bits per heavy atom. The minimum atomic E-state index is -1.68. The molecule has 0 N–H and O–H groups in total. The van der Waals surface area contributed by atoms with Crippen LogP contribution in [-0.2, 0) is 13.9 Å². The van der Waals surface area contributed by atoms with Crippen molar-refractivity contribution < 1.29 is 13.9 Å². The highest BCUT2D eigenvalue weighted by molar-refractivity contribution is 6.73. The van der Waals surface area contributed by atoms with Crippen LogP contribution in [0.1, 0.15) is 66.2 Å². The van der Waals surface area contributed by atoms with E-state index >= 15 is 0 Å². The summed E-state index contributed by atoms with van der Waals surface area (Å²) >= 11 is 0. The lowest BCUT2D eigenvalue weighted by molar-refractivity contribution is -0.358. The Bertz CT molecular complexity index is 380. The Kier molecular flexibility index (Phi) is 6.51. The van der Waals surface area contributed by atoms with Gasteiger partial charge >= 0.3 is 0 Å². The standard InChI is InChI=1S/C19H36O3Si/c1-6-13-18(5)17(21-23(7-2,8-3)9-4)16-20-19(22-18)14-11-10-12-15-19/h6,17H,1,7-16H2,2-5H3/t17?,18-/m0/s1. The van der Waals surface area contributed by atoms with Crippen molar-refractivity contribution in [3.05, 3.63) is 12.7 Å². The lowest BCUT2D eigenvalue weighted by Gasteiger charge is -2.53. The fourth-order valence-corrected chi connectivity index (χ4v) is 7.10. The molecular weight excluding hydrogens is 304 g/mol. The predicted molar refractivity (Wildman–Crippen MR) is 98.1 cm³/mol. The fraction of sp³-hybridized carbons (Fsp3) is 0.895. The highest BCUT2D eigenvalue weighted by Crippen LogP contribution is 2.44. The first-order chi connectivity index (χ1) is 11.0. The Morgan fingerprint density at radius 1 is 1.13 bits per heavy atom. The maximum atomic E-state index is 6.77. The van der Waals surface area contributed by atoms with Gasteiger partial charge < -0.3 is 13.9 Å². The summed E-state index contributed by atoms with van der Waals surface area (Å²) in [5, 5.41) is 0. The van der Waals surface area contributed by atoms with E-state index in [4.69, 9.17) is 13.9 Å². The molecule has 0 aromatic heterocycles. The van der Waals surface area contributed by atoms with E-state index < -0.39 is 8.32 Å². The minimum absolute atomic E-state index is 0.0274. The van der Waals surface area contributed by atoms with Crippen molar-refractivity contribution in [2.24, 2.45) is 0 Å². The van der Waals surface area contributed by atoms with Crippen LogP contribution in [0.4, 0.5) is 0 Å². The Hall–Kier alpha value is -0.163. The molecule has 1 unspecified atom stereocenters. The van der Waals surface area contributed by atoms with E-state index in [1.807, 2.05) is 6.08 Å². The highest BCUT2D eigenvalue weighted by atomic mass is 28.4. The van der Waals surface area contributed by atoms with Crippen LogP contribution >= 0.6 is 0 Å². The molecule has 3 nitrogen and oxygen atoms in total. The van der Waals surface area contributed by atoms with E-state index in [0.717, 1.165) is 37.4 Å². The maximum absolute atomic E-state index is 6.77. The molecule has 2 aliphatic rings. The summed E-state index contributed by atoms with van der Waals surface area (Å²) in [4.78, 5) is 0. The molecule has 1 saturated carbocycles. The zero-order valence-corrected chi connectivity index (χ0v) is 16.7. The Labute approximate surface area is 143 Å². The second kappa shape index (κ2) is 7.81. The van der Waals surface area contributed by atoms with Gasteiger partial charge in [0, 0.05) is 12.8 Å². The SMILES string of the molecule is C=CC[C@]1(C)OC2(CCCCC2)OCC1O[Si](CC)(CC)CC. The summed E-state index contributed by atoms with van der Waals surface area (Å²) in [5.41, 5.74) is -0.310. The molecule has 23 heavy (non-hydrogen) atoms. The van der Waals surface area contributed by atoms with Crippen LogP contribution in [0, 0.1) is 0 Å². The second-order valence-corrected chi connectivity index (χ2v) is 12.3. The molecule has 0 amide bonds. The summed E-state index contributed by atoms with van der Waals surface area (Å²) in [6, 6.07) is 3.48. The Morgan fingerprint density at radius 3 is 2.26 bits per heavy atom. The zero-order valence-electron chi connectivity index (χ0n) is 15.7. The van der Waals surface area contributed by atoms with Gasteiger partial charge in [0.05, 0.1) is 18.3 Å². The van der Waals surface area contributed by atoms with Crippen molar-refractivity contribution in [3.8, 4) is 0 Å². The highest BCUT2D eigenvalue weighted by Gasteiger charge is 2.51. The molecule has 1 aliphatic heterocycles. The van der Waals surface area contributed by atoms with E-state index in [9.17, 15) is 0 Å². The molecule has 0 bridgehead atoms. The molecule has 1 spiro atoms. The monoisotopic (exact) mass is 340 g/mol. The van der Waals surface area contributed by atoms with Crippen LogP contribution in [0.2, 0.25) is 18.1 Å². The average molecular weight is 341 g/mol. The molecule has 1 heterocycles. The quantitative estimate of drug-likeness (QED) is 0.457. The van der Waals surface area contributed by atoms with E-state index in [0.29, 0.717) is 6.61 Å². The Balaban J connectivity index is 2.17. The van der Waals surface area contributed by atoms with E-state index in [2.05, 4.69) is 34.3 Å². The largest absolute Gasteiger partial charge is 0.409 e. The van der Waals surface area contributed by atoms with Gasteiger partial charge in [-0.3, -0.25) is 0 Å². The number of rotatable bonds is 7. The molecule has 0 radical (unpaired) electrons. The van der Waals surface area contributed by atoms with Crippen LogP contribution in [-0.4, -0.2) is 32.4 Å². The summed E-state index contributed by atoms with van der Waals surface area (Å²) in [6.45, 7) is 13.7. The van der Waals surface area contributed by atoms with Crippen molar-refractivity contribution in [2.75, 3.05) is 6.61 Å². The average Bonchev–Trinajstić information content (AvgIpc) is 2.56. The molecule has 0 aromatic carbocycles. The molecule has 2 fully saturated rings. The number of hydrogen-bond donors (Lipinski definition) is 0. The normalized spacial score (nSPS) is 31.2. The summed E-state index contributed by atoms with van der Waals surface area (Å²) in [5.74, 6) is -0.370. The number of hydrogen-bond acceptors (Lipinski definition) is 3. The van der Waals surface area contributed by atoms with Crippen molar-refractivity contribution in [1.29, 1.82) is 0 Å². The van der Waals surface area contributed by atoms with E-state index in [-0.39, 0.29) is 17.5 Å². The van der Waals surface area contributed by atoms with E-state index in [1.165, 1.54) is 19.3 Å². The van der Waals surface area contributed by atoms with Crippen LogP contribution in [0.15, 0.2) is 12.7 Å². The van der Waals surface area contributed by atoms with Gasteiger partial charge in [0.15, 0.2) is 14.1 Å². The fourth-order valence-electron chi connectivity index (χ4n) is 4.18. The predicted octanol–water partition coefficient (Wildman–Crippen LogP) is 5.42. The number of ether oxygens (including phenoxy) is 2. The van der Waals surface area contributed by atoms with Crippen LogP contribution in [0.3, 0.4) is 0 Å². The van der Waals surface area contributed by atoms with Crippen LogP contribution in [0.5, 0.6) is 0 Å². The lowest BCUT2D eigenvalue weighted by Crippen LogP contribution is -2.62. The molecule has 4 heteroatoms. The van der Waals surface area contributed by atoms with Crippen molar-refractivity contribution in [2.45, 2.75) is 102 Å². The van der Waals surface area contributed by atoms with Gasteiger partial charge in [-0.2, -0.15) is 0 Å². The maximum Gasteiger partial charge on any atom is 0.192 e. The molecular formula is C19H36O3Si. The van der Waals surface area contributed by atoms with Gasteiger partial charge in [-0.15, -0.1) is 6.58 Å². The van der Waals surface area contributed by atoms with Gasteiger partial charge in [0.25, 0.3) is 0 Å². The first-order valence-electron chi connectivity index (χ1n) is 9.60. The summed E-state index contributed by atoms with van der Waals surface area (Å²) in [6.07, 6.45) is 8.56. The van der Waals surface area contributed by atoms with Crippen LogP contribution in [0.25, 0.3) is 0 Å². The van der Waals surface area contributed by atoms with Gasteiger partial charge in [-0.05, 0) is 44.3 Å². The first kappa shape index (κ1) is 19.2. The smallest absolute Gasteiger partial charge is 0.192 e. The molecule has 0 aromatic rings. The summed E-state index contributed by atoms with van der Waals surface area (Å²) in [7, 11) is -1.68. The molecule has 134 valence electrons. The molecule has 1 saturated heterocycles.